The number of aliphatic hydroxyl groups is 1. The molecule has 2 aromatic rings. The number of guanidine groups is 1. The Morgan fingerprint density at radius 3 is 2.43 bits per heavy atom. The van der Waals surface area contributed by atoms with Gasteiger partial charge in [-0.05, 0) is 53.9 Å². The van der Waals surface area contributed by atoms with E-state index in [0.29, 0.717) is 24.6 Å². The van der Waals surface area contributed by atoms with Crippen molar-refractivity contribution < 1.29 is 9.90 Å². The number of rotatable bonds is 7. The molecule has 154 valence electrons. The lowest BCUT2D eigenvalue weighted by atomic mass is 9.99. The van der Waals surface area contributed by atoms with Crippen LogP contribution < -0.4 is 10.6 Å². The van der Waals surface area contributed by atoms with Gasteiger partial charge in [-0.2, -0.15) is 11.3 Å². The molecular formula is C20H29IN4O2S. The predicted octanol–water partition coefficient (Wildman–Crippen LogP) is 3.03. The molecule has 3 N–H and O–H groups in total. The topological polar surface area (TPSA) is 77.0 Å². The Morgan fingerprint density at radius 2 is 1.89 bits per heavy atom. The molecule has 0 aliphatic rings. The molecule has 1 amide bonds. The number of thiophene rings is 1. The second-order valence-corrected chi connectivity index (χ2v) is 7.51. The number of nitrogens with one attached hydrogen (secondary N) is 2. The van der Waals surface area contributed by atoms with E-state index in [1.807, 2.05) is 48.0 Å². The molecule has 8 heteroatoms. The Kier molecular flexibility index (Phi) is 9.91. The molecule has 0 radical (unpaired) electrons. The number of amides is 1. The molecule has 0 saturated heterocycles. The van der Waals surface area contributed by atoms with Crippen LogP contribution in [0.5, 0.6) is 0 Å². The quantitative estimate of drug-likeness (QED) is 0.301. The molecule has 1 heterocycles. The van der Waals surface area contributed by atoms with Crippen molar-refractivity contribution in [3.05, 3.63) is 57.8 Å². The van der Waals surface area contributed by atoms with Crippen molar-refractivity contribution in [3.8, 4) is 0 Å². The number of nitrogens with zero attached hydrogens (tertiary/aromatic N) is 2. The number of hydrogen-bond acceptors (Lipinski definition) is 4. The molecule has 0 bridgehead atoms. The summed E-state index contributed by atoms with van der Waals surface area (Å²) < 4.78 is 0. The van der Waals surface area contributed by atoms with E-state index in [1.54, 1.807) is 37.3 Å². The zero-order valence-corrected chi connectivity index (χ0v) is 19.9. The van der Waals surface area contributed by atoms with Gasteiger partial charge in [-0.25, -0.2) is 4.99 Å². The Morgan fingerprint density at radius 1 is 1.21 bits per heavy atom. The van der Waals surface area contributed by atoms with Gasteiger partial charge >= 0.3 is 0 Å². The number of carbonyl (C=O) groups excluding carboxylic acids is 1. The molecule has 1 aromatic heterocycles. The number of aliphatic imine (C=N–C) groups is 1. The van der Waals surface area contributed by atoms with Gasteiger partial charge in [-0.3, -0.25) is 4.79 Å². The summed E-state index contributed by atoms with van der Waals surface area (Å²) in [4.78, 5) is 18.1. The first-order valence-corrected chi connectivity index (χ1v) is 9.85. The molecule has 28 heavy (non-hydrogen) atoms. The number of carbonyl (C=O) groups is 1. The lowest BCUT2D eigenvalue weighted by molar-refractivity contribution is 0.0621. The van der Waals surface area contributed by atoms with Gasteiger partial charge in [-0.1, -0.05) is 12.1 Å². The summed E-state index contributed by atoms with van der Waals surface area (Å²) in [6.45, 7) is 5.34. The molecule has 1 aromatic carbocycles. The third kappa shape index (κ3) is 7.06. The van der Waals surface area contributed by atoms with E-state index < -0.39 is 5.60 Å². The minimum Gasteiger partial charge on any atom is -0.384 e. The molecule has 0 saturated carbocycles. The van der Waals surface area contributed by atoms with Crippen LogP contribution in [0.4, 0.5) is 0 Å². The summed E-state index contributed by atoms with van der Waals surface area (Å²) in [5.41, 5.74) is 1.58. The van der Waals surface area contributed by atoms with Gasteiger partial charge in [0.15, 0.2) is 5.96 Å². The minimum atomic E-state index is -0.968. The highest BCUT2D eigenvalue weighted by atomic mass is 127. The number of halogens is 1. The van der Waals surface area contributed by atoms with Crippen molar-refractivity contribution in [1.82, 2.24) is 15.5 Å². The van der Waals surface area contributed by atoms with E-state index in [0.717, 1.165) is 17.7 Å². The number of hydrogen-bond donors (Lipinski definition) is 3. The van der Waals surface area contributed by atoms with Crippen LogP contribution in [-0.4, -0.2) is 49.1 Å². The average molecular weight is 516 g/mol. The van der Waals surface area contributed by atoms with Gasteiger partial charge in [0.05, 0.1) is 13.1 Å². The van der Waals surface area contributed by atoms with Crippen LogP contribution >= 0.6 is 35.3 Å². The highest BCUT2D eigenvalue weighted by Gasteiger charge is 2.23. The maximum atomic E-state index is 11.9. The van der Waals surface area contributed by atoms with Crippen LogP contribution in [-0.2, 0) is 12.1 Å². The lowest BCUT2D eigenvalue weighted by Crippen LogP contribution is -2.44. The third-order valence-corrected chi connectivity index (χ3v) is 4.80. The summed E-state index contributed by atoms with van der Waals surface area (Å²) in [6, 6.07) is 9.37. The van der Waals surface area contributed by atoms with Crippen LogP contribution in [0.1, 0.15) is 35.3 Å². The summed E-state index contributed by atoms with van der Waals surface area (Å²) in [6.07, 6.45) is 0. The molecule has 0 spiro atoms. The smallest absolute Gasteiger partial charge is 0.253 e. The molecule has 0 fully saturated rings. The van der Waals surface area contributed by atoms with Gasteiger partial charge in [-0.15, -0.1) is 24.0 Å². The highest BCUT2D eigenvalue weighted by molar-refractivity contribution is 14.0. The van der Waals surface area contributed by atoms with Crippen molar-refractivity contribution in [3.63, 3.8) is 0 Å². The van der Waals surface area contributed by atoms with Crippen LogP contribution in [0.15, 0.2) is 46.1 Å². The minimum absolute atomic E-state index is 0. The predicted molar refractivity (Wildman–Crippen MR) is 127 cm³/mol. The van der Waals surface area contributed by atoms with Gasteiger partial charge < -0.3 is 20.6 Å². The SMILES string of the molecule is CCNC(=NCc1ccc(C(=O)N(C)C)cc1)NCC(C)(O)c1ccsc1.I. The lowest BCUT2D eigenvalue weighted by Gasteiger charge is -2.24. The molecular weight excluding hydrogens is 487 g/mol. The van der Waals surface area contributed by atoms with Crippen molar-refractivity contribution >= 4 is 47.2 Å². The monoisotopic (exact) mass is 516 g/mol. The maximum Gasteiger partial charge on any atom is 0.253 e. The summed E-state index contributed by atoms with van der Waals surface area (Å²) >= 11 is 1.56. The second-order valence-electron chi connectivity index (χ2n) is 6.73. The molecule has 1 unspecified atom stereocenters. The molecule has 2 rings (SSSR count). The van der Waals surface area contributed by atoms with Crippen molar-refractivity contribution in [2.75, 3.05) is 27.2 Å². The molecule has 1 atom stereocenters. The van der Waals surface area contributed by atoms with Gasteiger partial charge in [0, 0.05) is 26.2 Å². The summed E-state index contributed by atoms with van der Waals surface area (Å²) in [7, 11) is 3.47. The van der Waals surface area contributed by atoms with E-state index in [4.69, 9.17) is 0 Å². The number of benzene rings is 1. The fourth-order valence-corrected chi connectivity index (χ4v) is 3.23. The van der Waals surface area contributed by atoms with E-state index in [-0.39, 0.29) is 29.9 Å². The highest BCUT2D eigenvalue weighted by Crippen LogP contribution is 2.21. The second kappa shape index (κ2) is 11.4. The first kappa shape index (κ1) is 24.4. The Bertz CT molecular complexity index is 759. The third-order valence-electron chi connectivity index (χ3n) is 4.11. The zero-order chi connectivity index (χ0) is 19.9. The molecule has 0 aliphatic carbocycles. The van der Waals surface area contributed by atoms with Crippen LogP contribution in [0.2, 0.25) is 0 Å². The van der Waals surface area contributed by atoms with Crippen molar-refractivity contribution in [1.29, 1.82) is 0 Å². The van der Waals surface area contributed by atoms with Crippen LogP contribution in [0.25, 0.3) is 0 Å². The molecule has 6 nitrogen and oxygen atoms in total. The van der Waals surface area contributed by atoms with E-state index in [1.165, 1.54) is 0 Å². The first-order chi connectivity index (χ1) is 12.8. The van der Waals surface area contributed by atoms with Gasteiger partial charge in [0.25, 0.3) is 5.91 Å². The first-order valence-electron chi connectivity index (χ1n) is 8.91. The summed E-state index contributed by atoms with van der Waals surface area (Å²) in [5, 5.41) is 20.9. The normalized spacial score (nSPS) is 13.2. The van der Waals surface area contributed by atoms with Crippen LogP contribution in [0.3, 0.4) is 0 Å². The standard InChI is InChI=1S/C20H28N4O2S.HI/c1-5-21-19(23-14-20(2,26)17-10-11-27-13-17)22-12-15-6-8-16(9-7-15)18(25)24(3)4;/h6-11,13,26H,5,12,14H2,1-4H3,(H2,21,22,23);1H. The van der Waals surface area contributed by atoms with Gasteiger partial charge in [0.1, 0.15) is 5.60 Å². The zero-order valence-electron chi connectivity index (χ0n) is 16.7. The molecule has 0 aliphatic heterocycles. The largest absolute Gasteiger partial charge is 0.384 e. The average Bonchev–Trinajstić information content (AvgIpc) is 3.19. The fraction of sp³-hybridized carbons (Fsp3) is 0.400. The van der Waals surface area contributed by atoms with Crippen LogP contribution in [0, 0.1) is 0 Å². The Balaban J connectivity index is 0.00000392. The Hall–Kier alpha value is -1.65. The van der Waals surface area contributed by atoms with E-state index >= 15 is 0 Å². The van der Waals surface area contributed by atoms with E-state index in [9.17, 15) is 9.90 Å². The summed E-state index contributed by atoms with van der Waals surface area (Å²) in [5.74, 6) is 0.622. The Labute approximate surface area is 188 Å². The van der Waals surface area contributed by atoms with E-state index in [2.05, 4.69) is 15.6 Å². The van der Waals surface area contributed by atoms with Crippen molar-refractivity contribution in [2.45, 2.75) is 26.0 Å². The van der Waals surface area contributed by atoms with Gasteiger partial charge in [0.2, 0.25) is 0 Å². The fourth-order valence-electron chi connectivity index (χ4n) is 2.45. The van der Waals surface area contributed by atoms with Crippen molar-refractivity contribution in [2.24, 2.45) is 4.99 Å². The maximum absolute atomic E-state index is 11.9.